The highest BCUT2D eigenvalue weighted by Gasteiger charge is 2.12. The Bertz CT molecular complexity index is 375. The van der Waals surface area contributed by atoms with Gasteiger partial charge >= 0.3 is 0 Å². The molecule has 4 heteroatoms. The van der Waals surface area contributed by atoms with Gasteiger partial charge in [-0.3, -0.25) is 9.78 Å². The zero-order valence-corrected chi connectivity index (χ0v) is 11.3. The van der Waals surface area contributed by atoms with Gasteiger partial charge in [-0.25, -0.2) is 0 Å². The molecule has 1 aromatic heterocycles. The third-order valence-corrected chi connectivity index (χ3v) is 3.48. The Labute approximate surface area is 114 Å². The smallest absolute Gasteiger partial charge is 0.206 e. The van der Waals surface area contributed by atoms with Crippen molar-refractivity contribution in [2.45, 2.75) is 25.7 Å². The average molecular weight is 262 g/mol. The molecule has 104 valence electrons. The van der Waals surface area contributed by atoms with Gasteiger partial charge in [0, 0.05) is 12.8 Å². The SMILES string of the molecule is O=C(COCCCC1CCCNC1)c1ccccn1. The van der Waals surface area contributed by atoms with Gasteiger partial charge in [0.25, 0.3) is 0 Å². The van der Waals surface area contributed by atoms with Crippen LogP contribution >= 0.6 is 0 Å². The molecule has 0 aromatic carbocycles. The van der Waals surface area contributed by atoms with E-state index in [4.69, 9.17) is 4.74 Å². The lowest BCUT2D eigenvalue weighted by atomic mass is 9.95. The first-order valence-corrected chi connectivity index (χ1v) is 7.09. The highest BCUT2D eigenvalue weighted by atomic mass is 16.5. The summed E-state index contributed by atoms with van der Waals surface area (Å²) in [7, 11) is 0. The number of pyridine rings is 1. The molecule has 1 saturated heterocycles. The normalized spacial score (nSPS) is 19.3. The average Bonchev–Trinajstić information content (AvgIpc) is 2.49. The van der Waals surface area contributed by atoms with Crippen LogP contribution in [0.2, 0.25) is 0 Å². The van der Waals surface area contributed by atoms with Crippen molar-refractivity contribution in [3.05, 3.63) is 30.1 Å². The molecule has 1 atom stereocenters. The van der Waals surface area contributed by atoms with Crippen molar-refractivity contribution in [2.75, 3.05) is 26.3 Å². The van der Waals surface area contributed by atoms with E-state index < -0.39 is 0 Å². The van der Waals surface area contributed by atoms with Gasteiger partial charge in [0.05, 0.1) is 0 Å². The van der Waals surface area contributed by atoms with Gasteiger partial charge < -0.3 is 10.1 Å². The Morgan fingerprint density at radius 1 is 1.47 bits per heavy atom. The summed E-state index contributed by atoms with van der Waals surface area (Å²) < 4.78 is 5.43. The van der Waals surface area contributed by atoms with Crippen molar-refractivity contribution in [3.63, 3.8) is 0 Å². The van der Waals surface area contributed by atoms with Crippen LogP contribution < -0.4 is 5.32 Å². The number of hydrogen-bond acceptors (Lipinski definition) is 4. The number of piperidine rings is 1. The molecule has 1 aromatic rings. The van der Waals surface area contributed by atoms with E-state index in [-0.39, 0.29) is 12.4 Å². The van der Waals surface area contributed by atoms with Crippen LogP contribution in [-0.2, 0) is 4.74 Å². The number of Topliss-reactive ketones (excluding diaryl/α,β-unsaturated/α-hetero) is 1. The largest absolute Gasteiger partial charge is 0.373 e. The molecule has 1 aliphatic heterocycles. The summed E-state index contributed by atoms with van der Waals surface area (Å²) in [6.07, 6.45) is 6.44. The number of aromatic nitrogens is 1. The summed E-state index contributed by atoms with van der Waals surface area (Å²) >= 11 is 0. The third-order valence-electron chi connectivity index (χ3n) is 3.48. The van der Waals surface area contributed by atoms with Crippen molar-refractivity contribution in [2.24, 2.45) is 5.92 Å². The molecule has 1 fully saturated rings. The summed E-state index contributed by atoms with van der Waals surface area (Å²) in [6.45, 7) is 3.09. The van der Waals surface area contributed by atoms with Crippen molar-refractivity contribution >= 4 is 5.78 Å². The maximum Gasteiger partial charge on any atom is 0.206 e. The number of ketones is 1. The zero-order valence-electron chi connectivity index (χ0n) is 11.3. The van der Waals surface area contributed by atoms with Gasteiger partial charge in [-0.15, -0.1) is 0 Å². The minimum atomic E-state index is -0.0417. The molecular weight excluding hydrogens is 240 g/mol. The van der Waals surface area contributed by atoms with E-state index in [1.54, 1.807) is 18.3 Å². The van der Waals surface area contributed by atoms with Crippen LogP contribution in [0.25, 0.3) is 0 Å². The first-order chi connectivity index (χ1) is 9.36. The Hall–Kier alpha value is -1.26. The zero-order chi connectivity index (χ0) is 13.3. The Morgan fingerprint density at radius 2 is 2.42 bits per heavy atom. The molecule has 1 aliphatic rings. The topological polar surface area (TPSA) is 51.2 Å². The van der Waals surface area contributed by atoms with Crippen molar-refractivity contribution in [3.8, 4) is 0 Å². The van der Waals surface area contributed by atoms with Gasteiger partial charge in [-0.2, -0.15) is 0 Å². The molecule has 0 radical (unpaired) electrons. The maximum atomic E-state index is 11.7. The Morgan fingerprint density at radius 3 is 3.16 bits per heavy atom. The van der Waals surface area contributed by atoms with Gasteiger partial charge in [-0.1, -0.05) is 6.07 Å². The fraction of sp³-hybridized carbons (Fsp3) is 0.600. The van der Waals surface area contributed by atoms with Gasteiger partial charge in [0.15, 0.2) is 0 Å². The molecule has 0 bridgehead atoms. The predicted octanol–water partition coefficient (Wildman–Crippen LogP) is 2.06. The van der Waals surface area contributed by atoms with E-state index in [1.807, 2.05) is 6.07 Å². The van der Waals surface area contributed by atoms with Crippen LogP contribution in [0.4, 0.5) is 0 Å². The van der Waals surface area contributed by atoms with Crippen LogP contribution in [0.3, 0.4) is 0 Å². The van der Waals surface area contributed by atoms with Crippen LogP contribution in [0, 0.1) is 5.92 Å². The molecule has 0 saturated carbocycles. The number of rotatable bonds is 7. The van der Waals surface area contributed by atoms with Crippen LogP contribution in [0.1, 0.15) is 36.2 Å². The van der Waals surface area contributed by atoms with Gasteiger partial charge in [0.1, 0.15) is 12.3 Å². The number of ether oxygens (including phenoxy) is 1. The number of nitrogens with one attached hydrogen (secondary N) is 1. The lowest BCUT2D eigenvalue weighted by molar-refractivity contribution is 0.0740. The van der Waals surface area contributed by atoms with Crippen LogP contribution in [0.5, 0.6) is 0 Å². The van der Waals surface area contributed by atoms with E-state index in [0.29, 0.717) is 12.3 Å². The molecular formula is C15H22N2O2. The number of nitrogens with zero attached hydrogens (tertiary/aromatic N) is 1. The number of carbonyl (C=O) groups excluding carboxylic acids is 1. The fourth-order valence-corrected chi connectivity index (χ4v) is 2.41. The lowest BCUT2D eigenvalue weighted by Gasteiger charge is -2.22. The van der Waals surface area contributed by atoms with E-state index in [2.05, 4.69) is 10.3 Å². The predicted molar refractivity (Wildman–Crippen MR) is 74.2 cm³/mol. The van der Waals surface area contributed by atoms with Gasteiger partial charge in [-0.05, 0) is 56.8 Å². The van der Waals surface area contributed by atoms with Crippen molar-refractivity contribution < 1.29 is 9.53 Å². The first kappa shape index (κ1) is 14.2. The molecule has 4 nitrogen and oxygen atoms in total. The fourth-order valence-electron chi connectivity index (χ4n) is 2.41. The van der Waals surface area contributed by atoms with E-state index in [9.17, 15) is 4.79 Å². The summed E-state index contributed by atoms with van der Waals surface area (Å²) in [6, 6.07) is 5.34. The molecule has 1 N–H and O–H groups in total. The van der Waals surface area contributed by atoms with Gasteiger partial charge in [0.2, 0.25) is 5.78 Å². The molecule has 2 heterocycles. The lowest BCUT2D eigenvalue weighted by Crippen LogP contribution is -2.29. The molecule has 1 unspecified atom stereocenters. The summed E-state index contributed by atoms with van der Waals surface area (Å²) in [5, 5.41) is 3.41. The summed E-state index contributed by atoms with van der Waals surface area (Å²) in [5.41, 5.74) is 0.485. The highest BCUT2D eigenvalue weighted by Crippen LogP contribution is 2.15. The molecule has 0 aliphatic carbocycles. The van der Waals surface area contributed by atoms with Crippen molar-refractivity contribution in [1.29, 1.82) is 0 Å². The summed E-state index contributed by atoms with van der Waals surface area (Å²) in [4.78, 5) is 15.7. The van der Waals surface area contributed by atoms with E-state index in [1.165, 1.54) is 19.3 Å². The first-order valence-electron chi connectivity index (χ1n) is 7.09. The number of carbonyl (C=O) groups is 1. The minimum absolute atomic E-state index is 0.0417. The maximum absolute atomic E-state index is 11.7. The minimum Gasteiger partial charge on any atom is -0.373 e. The molecule has 0 amide bonds. The van der Waals surface area contributed by atoms with Crippen molar-refractivity contribution in [1.82, 2.24) is 10.3 Å². The number of hydrogen-bond donors (Lipinski definition) is 1. The summed E-state index contributed by atoms with van der Waals surface area (Å²) in [5.74, 6) is 0.740. The monoisotopic (exact) mass is 262 g/mol. The Kier molecular flexibility index (Phi) is 5.98. The quantitative estimate of drug-likeness (QED) is 0.603. The second-order valence-corrected chi connectivity index (χ2v) is 5.05. The second-order valence-electron chi connectivity index (χ2n) is 5.05. The van der Waals surface area contributed by atoms with Crippen LogP contribution in [-0.4, -0.2) is 37.1 Å². The molecule has 0 spiro atoms. The van der Waals surface area contributed by atoms with Crippen LogP contribution in [0.15, 0.2) is 24.4 Å². The molecule has 2 rings (SSSR count). The molecule has 19 heavy (non-hydrogen) atoms. The Balaban J connectivity index is 1.55. The van der Waals surface area contributed by atoms with E-state index in [0.717, 1.165) is 25.4 Å². The third kappa shape index (κ3) is 5.09. The standard InChI is InChI=1S/C15H22N2O2/c18-15(14-7-1-2-9-17-14)12-19-10-4-6-13-5-3-8-16-11-13/h1-2,7,9,13,16H,3-6,8,10-12H2. The second kappa shape index (κ2) is 8.02. The highest BCUT2D eigenvalue weighted by molar-refractivity contribution is 5.95. The van der Waals surface area contributed by atoms with E-state index >= 15 is 0 Å².